The molecule has 2 atom stereocenters. The van der Waals surface area contributed by atoms with Crippen LogP contribution in [-0.2, 0) is 6.54 Å². The molecule has 1 aliphatic carbocycles. The Morgan fingerprint density at radius 1 is 1.58 bits per heavy atom. The summed E-state index contributed by atoms with van der Waals surface area (Å²) in [7, 11) is 1.93. The van der Waals surface area contributed by atoms with Crippen LogP contribution < -0.4 is 5.32 Å². The fourth-order valence-corrected chi connectivity index (χ4v) is 1.58. The maximum Gasteiger partial charge on any atom is 0.117 e. The van der Waals surface area contributed by atoms with Crippen molar-refractivity contribution in [1.29, 1.82) is 0 Å². The predicted octanol–water partition coefficient (Wildman–Crippen LogP) is 2.12. The minimum absolute atomic E-state index is 0.704. The van der Waals surface area contributed by atoms with Gasteiger partial charge in [0.2, 0.25) is 0 Å². The highest BCUT2D eigenvalue weighted by Gasteiger charge is 2.36. The second-order valence-corrected chi connectivity index (χ2v) is 3.65. The van der Waals surface area contributed by atoms with Gasteiger partial charge in [0.1, 0.15) is 11.5 Å². The predicted molar refractivity (Wildman–Crippen MR) is 48.0 cm³/mol. The Labute approximate surface area is 73.0 Å². The Hall–Kier alpha value is -0.760. The lowest BCUT2D eigenvalue weighted by Crippen LogP contribution is -2.03. The highest BCUT2D eigenvalue weighted by Crippen LogP contribution is 2.47. The van der Waals surface area contributed by atoms with Crippen LogP contribution in [0.15, 0.2) is 16.5 Å². The summed E-state index contributed by atoms with van der Waals surface area (Å²) in [4.78, 5) is 0. The quantitative estimate of drug-likeness (QED) is 0.742. The molecule has 1 saturated carbocycles. The number of hydrogen-bond donors (Lipinski definition) is 1. The molecule has 0 radical (unpaired) electrons. The zero-order valence-corrected chi connectivity index (χ0v) is 7.63. The molecule has 0 aliphatic heterocycles. The summed E-state index contributed by atoms with van der Waals surface area (Å²) < 4.78 is 5.66. The van der Waals surface area contributed by atoms with Crippen LogP contribution in [0.2, 0.25) is 0 Å². The zero-order valence-electron chi connectivity index (χ0n) is 7.63. The molecule has 12 heavy (non-hydrogen) atoms. The summed E-state index contributed by atoms with van der Waals surface area (Å²) in [6.45, 7) is 3.10. The molecule has 66 valence electrons. The van der Waals surface area contributed by atoms with Gasteiger partial charge in [0.25, 0.3) is 0 Å². The molecule has 1 heterocycles. The molecular formula is C10H15NO. The smallest absolute Gasteiger partial charge is 0.117 e. The van der Waals surface area contributed by atoms with Crippen molar-refractivity contribution in [2.75, 3.05) is 7.05 Å². The first-order valence-corrected chi connectivity index (χ1v) is 4.54. The maximum absolute atomic E-state index is 5.66. The van der Waals surface area contributed by atoms with E-state index in [2.05, 4.69) is 24.4 Å². The molecule has 1 fully saturated rings. The third kappa shape index (κ3) is 1.39. The van der Waals surface area contributed by atoms with E-state index >= 15 is 0 Å². The van der Waals surface area contributed by atoms with Crippen LogP contribution in [0.1, 0.15) is 30.8 Å². The maximum atomic E-state index is 5.66. The average Bonchev–Trinajstić information content (AvgIpc) is 2.62. The molecule has 2 rings (SSSR count). The third-order valence-corrected chi connectivity index (χ3v) is 2.51. The van der Waals surface area contributed by atoms with E-state index in [0.717, 1.165) is 18.2 Å². The van der Waals surface area contributed by atoms with Gasteiger partial charge in [0, 0.05) is 5.92 Å². The molecule has 1 aromatic rings. The van der Waals surface area contributed by atoms with Gasteiger partial charge in [-0.2, -0.15) is 0 Å². The molecule has 0 bridgehead atoms. The minimum Gasteiger partial charge on any atom is -0.464 e. The molecule has 0 spiro atoms. The lowest BCUT2D eigenvalue weighted by molar-refractivity contribution is 0.452. The molecule has 0 unspecified atom stereocenters. The van der Waals surface area contributed by atoms with Gasteiger partial charge in [-0.3, -0.25) is 0 Å². The van der Waals surface area contributed by atoms with E-state index in [1.165, 1.54) is 12.2 Å². The van der Waals surface area contributed by atoms with Crippen molar-refractivity contribution in [3.8, 4) is 0 Å². The summed E-state index contributed by atoms with van der Waals surface area (Å²) >= 11 is 0. The Bertz CT molecular complexity index is 267. The average molecular weight is 165 g/mol. The van der Waals surface area contributed by atoms with Crippen LogP contribution in [0.25, 0.3) is 0 Å². The van der Waals surface area contributed by atoms with Gasteiger partial charge in [0.05, 0.1) is 6.54 Å². The van der Waals surface area contributed by atoms with Crippen molar-refractivity contribution in [2.45, 2.75) is 25.8 Å². The van der Waals surface area contributed by atoms with Crippen LogP contribution in [-0.4, -0.2) is 7.05 Å². The van der Waals surface area contributed by atoms with Crippen molar-refractivity contribution in [2.24, 2.45) is 5.92 Å². The molecular weight excluding hydrogens is 150 g/mol. The topological polar surface area (TPSA) is 25.2 Å². The summed E-state index contributed by atoms with van der Waals surface area (Å²) in [6, 6.07) is 4.18. The van der Waals surface area contributed by atoms with Gasteiger partial charge in [-0.25, -0.2) is 0 Å². The molecule has 2 heteroatoms. The van der Waals surface area contributed by atoms with E-state index in [-0.39, 0.29) is 0 Å². The van der Waals surface area contributed by atoms with Crippen LogP contribution >= 0.6 is 0 Å². The fraction of sp³-hybridized carbons (Fsp3) is 0.600. The van der Waals surface area contributed by atoms with Gasteiger partial charge >= 0.3 is 0 Å². The van der Waals surface area contributed by atoms with Crippen molar-refractivity contribution < 1.29 is 4.42 Å². The van der Waals surface area contributed by atoms with Crippen molar-refractivity contribution in [1.82, 2.24) is 5.32 Å². The zero-order chi connectivity index (χ0) is 8.55. The number of nitrogens with one attached hydrogen (secondary N) is 1. The van der Waals surface area contributed by atoms with Crippen LogP contribution in [0.3, 0.4) is 0 Å². The molecule has 0 aromatic carbocycles. The molecule has 0 saturated heterocycles. The van der Waals surface area contributed by atoms with E-state index in [1.807, 2.05) is 7.05 Å². The first kappa shape index (κ1) is 7.87. The van der Waals surface area contributed by atoms with Gasteiger partial charge < -0.3 is 9.73 Å². The fourth-order valence-electron chi connectivity index (χ4n) is 1.58. The second kappa shape index (κ2) is 2.94. The molecule has 0 amide bonds. The normalized spacial score (nSPS) is 27.5. The molecule has 1 aromatic heterocycles. The van der Waals surface area contributed by atoms with E-state index in [4.69, 9.17) is 4.42 Å². The summed E-state index contributed by atoms with van der Waals surface area (Å²) in [6.07, 6.45) is 1.30. The Balaban J connectivity index is 2.04. The first-order chi connectivity index (χ1) is 5.81. The first-order valence-electron chi connectivity index (χ1n) is 4.54. The Kier molecular flexibility index (Phi) is 1.93. The van der Waals surface area contributed by atoms with Crippen molar-refractivity contribution in [3.63, 3.8) is 0 Å². The standard InChI is InChI=1S/C10H15NO/c1-7-5-9(7)10-4-3-8(12-10)6-11-2/h3-4,7,9,11H,5-6H2,1-2H3/t7-,9+/m1/s1. The SMILES string of the molecule is CNCc1ccc([C@H]2C[C@H]2C)o1. The summed E-state index contributed by atoms with van der Waals surface area (Å²) in [5.74, 6) is 3.76. The Morgan fingerprint density at radius 3 is 2.92 bits per heavy atom. The van der Waals surface area contributed by atoms with Gasteiger partial charge in [-0.05, 0) is 31.5 Å². The highest BCUT2D eigenvalue weighted by atomic mass is 16.3. The summed E-state index contributed by atoms with van der Waals surface area (Å²) in [5, 5.41) is 3.07. The van der Waals surface area contributed by atoms with E-state index in [1.54, 1.807) is 0 Å². The van der Waals surface area contributed by atoms with Crippen LogP contribution in [0, 0.1) is 5.92 Å². The monoisotopic (exact) mass is 165 g/mol. The van der Waals surface area contributed by atoms with E-state index < -0.39 is 0 Å². The lowest BCUT2D eigenvalue weighted by Gasteiger charge is -1.93. The van der Waals surface area contributed by atoms with Gasteiger partial charge in [0.15, 0.2) is 0 Å². The number of hydrogen-bond acceptors (Lipinski definition) is 2. The molecule has 1 N–H and O–H groups in total. The van der Waals surface area contributed by atoms with E-state index in [0.29, 0.717) is 5.92 Å². The molecule has 1 aliphatic rings. The van der Waals surface area contributed by atoms with Gasteiger partial charge in [-0.15, -0.1) is 0 Å². The summed E-state index contributed by atoms with van der Waals surface area (Å²) in [5.41, 5.74) is 0. The van der Waals surface area contributed by atoms with Crippen molar-refractivity contribution in [3.05, 3.63) is 23.7 Å². The lowest BCUT2D eigenvalue weighted by atomic mass is 10.3. The van der Waals surface area contributed by atoms with Gasteiger partial charge in [-0.1, -0.05) is 6.92 Å². The minimum atomic E-state index is 0.704. The van der Waals surface area contributed by atoms with E-state index in [9.17, 15) is 0 Å². The molecule has 2 nitrogen and oxygen atoms in total. The number of rotatable bonds is 3. The number of furan rings is 1. The highest BCUT2D eigenvalue weighted by molar-refractivity contribution is 5.17. The van der Waals surface area contributed by atoms with Crippen molar-refractivity contribution >= 4 is 0 Å². The van der Waals surface area contributed by atoms with Crippen LogP contribution in [0.4, 0.5) is 0 Å². The largest absolute Gasteiger partial charge is 0.464 e. The third-order valence-electron chi connectivity index (χ3n) is 2.51. The second-order valence-electron chi connectivity index (χ2n) is 3.65. The van der Waals surface area contributed by atoms with Crippen LogP contribution in [0.5, 0.6) is 0 Å². The Morgan fingerprint density at radius 2 is 2.33 bits per heavy atom.